The second kappa shape index (κ2) is 12.5. The van der Waals surface area contributed by atoms with E-state index in [4.69, 9.17) is 14.2 Å². The molecule has 1 aliphatic heterocycles. The van der Waals surface area contributed by atoms with Gasteiger partial charge in [0.2, 0.25) is 0 Å². The van der Waals surface area contributed by atoms with E-state index in [0.29, 0.717) is 18.2 Å². The van der Waals surface area contributed by atoms with E-state index in [9.17, 15) is 4.39 Å². The molecule has 1 saturated heterocycles. The van der Waals surface area contributed by atoms with Crippen LogP contribution in [0.5, 0.6) is 5.75 Å². The Morgan fingerprint density at radius 2 is 2.00 bits per heavy atom. The van der Waals surface area contributed by atoms with E-state index < -0.39 is 0 Å². The van der Waals surface area contributed by atoms with E-state index in [0.717, 1.165) is 58.2 Å². The van der Waals surface area contributed by atoms with E-state index in [1.165, 1.54) is 12.1 Å². The number of hydrogen-bond donors (Lipinski definition) is 2. The van der Waals surface area contributed by atoms with Crippen molar-refractivity contribution >= 4 is 5.96 Å². The summed E-state index contributed by atoms with van der Waals surface area (Å²) in [5, 5.41) is 6.50. The highest BCUT2D eigenvalue weighted by atomic mass is 19.1. The van der Waals surface area contributed by atoms with E-state index in [1.807, 2.05) is 6.92 Å². The average molecular weight is 381 g/mol. The lowest BCUT2D eigenvalue weighted by molar-refractivity contribution is 0.0203. The van der Waals surface area contributed by atoms with Crippen LogP contribution in [0.1, 0.15) is 26.2 Å². The molecule has 6 nitrogen and oxygen atoms in total. The van der Waals surface area contributed by atoms with Crippen molar-refractivity contribution in [3.63, 3.8) is 0 Å². The summed E-state index contributed by atoms with van der Waals surface area (Å²) in [6.45, 7) is 6.63. The Labute approximate surface area is 161 Å². The third-order valence-corrected chi connectivity index (χ3v) is 4.38. The highest BCUT2D eigenvalue weighted by molar-refractivity contribution is 5.79. The molecule has 1 atom stereocenters. The van der Waals surface area contributed by atoms with Crippen molar-refractivity contribution < 1.29 is 18.6 Å². The Morgan fingerprint density at radius 3 is 2.70 bits per heavy atom. The van der Waals surface area contributed by atoms with Gasteiger partial charge in [-0.25, -0.2) is 4.39 Å². The van der Waals surface area contributed by atoms with Gasteiger partial charge in [-0.1, -0.05) is 0 Å². The molecule has 1 unspecified atom stereocenters. The monoisotopic (exact) mass is 381 g/mol. The number of nitrogens with one attached hydrogen (secondary N) is 2. The summed E-state index contributed by atoms with van der Waals surface area (Å²) >= 11 is 0. The van der Waals surface area contributed by atoms with Crippen molar-refractivity contribution in [2.45, 2.75) is 32.3 Å². The van der Waals surface area contributed by atoms with Crippen molar-refractivity contribution in [1.29, 1.82) is 0 Å². The molecule has 2 rings (SSSR count). The van der Waals surface area contributed by atoms with Crippen molar-refractivity contribution in [1.82, 2.24) is 10.6 Å². The summed E-state index contributed by atoms with van der Waals surface area (Å²) in [5.41, 5.74) is 0. The van der Waals surface area contributed by atoms with Crippen LogP contribution in [0.2, 0.25) is 0 Å². The van der Waals surface area contributed by atoms with Crippen molar-refractivity contribution in [2.24, 2.45) is 10.9 Å². The van der Waals surface area contributed by atoms with E-state index in [1.54, 1.807) is 19.2 Å². The molecule has 1 aromatic carbocycles. The van der Waals surface area contributed by atoms with Crippen LogP contribution in [0.15, 0.2) is 29.3 Å². The number of nitrogens with zero attached hydrogens (tertiary/aromatic N) is 1. The molecular weight excluding hydrogens is 349 g/mol. The number of benzene rings is 1. The average Bonchev–Trinajstić information content (AvgIpc) is 2.69. The first-order valence-electron chi connectivity index (χ1n) is 9.69. The van der Waals surface area contributed by atoms with Gasteiger partial charge in [-0.15, -0.1) is 0 Å². The van der Waals surface area contributed by atoms with Gasteiger partial charge in [-0.05, 0) is 56.4 Å². The molecule has 27 heavy (non-hydrogen) atoms. The Kier molecular flexibility index (Phi) is 9.94. The third-order valence-electron chi connectivity index (χ3n) is 4.38. The Balaban J connectivity index is 1.52. The minimum atomic E-state index is -0.269. The Morgan fingerprint density at radius 1 is 1.26 bits per heavy atom. The zero-order valence-corrected chi connectivity index (χ0v) is 16.4. The SMILES string of the molecule is CN=C(NCCCOCC1CCOCC1)NCC(C)Oc1ccc(F)cc1. The predicted molar refractivity (Wildman–Crippen MR) is 105 cm³/mol. The maximum Gasteiger partial charge on any atom is 0.191 e. The number of ether oxygens (including phenoxy) is 3. The lowest BCUT2D eigenvalue weighted by atomic mass is 10.0. The van der Waals surface area contributed by atoms with Crippen LogP contribution in [-0.4, -0.2) is 58.6 Å². The van der Waals surface area contributed by atoms with E-state index >= 15 is 0 Å². The first-order chi connectivity index (χ1) is 13.2. The summed E-state index contributed by atoms with van der Waals surface area (Å²) in [7, 11) is 1.74. The van der Waals surface area contributed by atoms with Gasteiger partial charge in [0.25, 0.3) is 0 Å². The van der Waals surface area contributed by atoms with Crippen LogP contribution < -0.4 is 15.4 Å². The van der Waals surface area contributed by atoms with Gasteiger partial charge in [0, 0.05) is 40.0 Å². The molecular formula is C20H32FN3O3. The zero-order valence-electron chi connectivity index (χ0n) is 16.4. The molecule has 0 aliphatic carbocycles. The topological polar surface area (TPSA) is 64.1 Å². The van der Waals surface area contributed by atoms with Crippen molar-refractivity contribution in [2.75, 3.05) is 46.6 Å². The molecule has 7 heteroatoms. The third kappa shape index (κ3) is 9.06. The van der Waals surface area contributed by atoms with Crippen LogP contribution in [0, 0.1) is 11.7 Å². The largest absolute Gasteiger partial charge is 0.489 e. The van der Waals surface area contributed by atoms with Crippen molar-refractivity contribution in [3.8, 4) is 5.75 Å². The molecule has 0 radical (unpaired) electrons. The second-order valence-electron chi connectivity index (χ2n) is 6.75. The van der Waals surface area contributed by atoms with Crippen LogP contribution >= 0.6 is 0 Å². The van der Waals surface area contributed by atoms with E-state index in [2.05, 4.69) is 15.6 Å². The minimum absolute atomic E-state index is 0.0724. The van der Waals surface area contributed by atoms with Crippen molar-refractivity contribution in [3.05, 3.63) is 30.1 Å². The number of hydrogen-bond acceptors (Lipinski definition) is 4. The number of aliphatic imine (C=N–C) groups is 1. The fourth-order valence-corrected chi connectivity index (χ4v) is 2.79. The van der Waals surface area contributed by atoms with Gasteiger partial charge in [0.05, 0.1) is 6.54 Å². The highest BCUT2D eigenvalue weighted by Crippen LogP contribution is 2.14. The summed E-state index contributed by atoms with van der Waals surface area (Å²) < 4.78 is 29.8. The Hall–Kier alpha value is -1.86. The fourth-order valence-electron chi connectivity index (χ4n) is 2.79. The number of rotatable bonds is 10. The molecule has 0 aromatic heterocycles. The molecule has 0 bridgehead atoms. The van der Waals surface area contributed by atoms with Gasteiger partial charge >= 0.3 is 0 Å². The van der Waals surface area contributed by atoms with Crippen LogP contribution in [-0.2, 0) is 9.47 Å². The zero-order chi connectivity index (χ0) is 19.3. The van der Waals surface area contributed by atoms with Gasteiger partial charge in [0.15, 0.2) is 5.96 Å². The molecule has 152 valence electrons. The summed E-state index contributed by atoms with van der Waals surface area (Å²) in [6, 6.07) is 6.03. The molecule has 2 N–H and O–H groups in total. The van der Waals surface area contributed by atoms with Gasteiger partial charge in [-0.2, -0.15) is 0 Å². The van der Waals surface area contributed by atoms with Gasteiger partial charge < -0.3 is 24.8 Å². The summed E-state index contributed by atoms with van der Waals surface area (Å²) in [6.07, 6.45) is 3.06. The maximum atomic E-state index is 12.9. The number of halogens is 1. The normalized spacial score (nSPS) is 16.8. The number of guanidine groups is 1. The molecule has 1 aliphatic rings. The molecule has 0 saturated carbocycles. The van der Waals surface area contributed by atoms with Gasteiger partial charge in [-0.3, -0.25) is 4.99 Å². The highest BCUT2D eigenvalue weighted by Gasteiger charge is 2.13. The van der Waals surface area contributed by atoms with Gasteiger partial charge in [0.1, 0.15) is 17.7 Å². The molecule has 0 amide bonds. The quantitative estimate of drug-likeness (QED) is 0.371. The van der Waals surface area contributed by atoms with Crippen LogP contribution in [0.3, 0.4) is 0 Å². The van der Waals surface area contributed by atoms with E-state index in [-0.39, 0.29) is 11.9 Å². The lowest BCUT2D eigenvalue weighted by Crippen LogP contribution is -2.42. The first-order valence-corrected chi connectivity index (χ1v) is 9.69. The maximum absolute atomic E-state index is 12.9. The molecule has 0 spiro atoms. The smallest absolute Gasteiger partial charge is 0.191 e. The van der Waals surface area contributed by atoms with Crippen LogP contribution in [0.25, 0.3) is 0 Å². The Bertz CT molecular complexity index is 548. The van der Waals surface area contributed by atoms with Crippen LogP contribution in [0.4, 0.5) is 4.39 Å². The molecule has 1 heterocycles. The molecule has 1 aromatic rings. The summed E-state index contributed by atoms with van der Waals surface area (Å²) in [5.74, 6) is 1.75. The summed E-state index contributed by atoms with van der Waals surface area (Å²) in [4.78, 5) is 4.20. The fraction of sp³-hybridized carbons (Fsp3) is 0.650. The lowest BCUT2D eigenvalue weighted by Gasteiger charge is -2.21. The standard InChI is InChI=1S/C20H32FN3O3/c1-16(27-19-6-4-18(21)5-7-19)14-24-20(22-2)23-10-3-11-26-15-17-8-12-25-13-9-17/h4-7,16-17H,3,8-15H2,1-2H3,(H2,22,23,24). The second-order valence-corrected chi connectivity index (χ2v) is 6.75. The molecule has 1 fully saturated rings. The first kappa shape index (κ1) is 21.4. The minimum Gasteiger partial charge on any atom is -0.489 e. The predicted octanol–water partition coefficient (Wildman–Crippen LogP) is 2.59.